The SMILES string of the molecule is O=C(O)CC[C@H]1CCCN(C(=O)CCc2ccc(OC(F)(F)F)cc2)C1. The predicted octanol–water partition coefficient (Wildman–Crippen LogP) is 3.62. The number of carbonyl (C=O) groups excluding carboxylic acids is 1. The first-order chi connectivity index (χ1) is 12.2. The number of alkyl halides is 3. The number of nitrogens with zero attached hydrogens (tertiary/aromatic N) is 1. The molecule has 5 nitrogen and oxygen atoms in total. The van der Waals surface area contributed by atoms with Gasteiger partial charge >= 0.3 is 12.3 Å². The zero-order valence-electron chi connectivity index (χ0n) is 14.3. The van der Waals surface area contributed by atoms with Gasteiger partial charge in [-0.2, -0.15) is 0 Å². The molecule has 0 bridgehead atoms. The van der Waals surface area contributed by atoms with Crippen molar-refractivity contribution in [1.29, 1.82) is 0 Å². The lowest BCUT2D eigenvalue weighted by molar-refractivity contribution is -0.274. The highest BCUT2D eigenvalue weighted by molar-refractivity contribution is 5.76. The fourth-order valence-electron chi connectivity index (χ4n) is 3.12. The third kappa shape index (κ3) is 6.93. The van der Waals surface area contributed by atoms with E-state index in [1.807, 2.05) is 0 Å². The van der Waals surface area contributed by atoms with Gasteiger partial charge in [-0.3, -0.25) is 9.59 Å². The standard InChI is InChI=1S/C18H22F3NO4/c19-18(20,21)26-15-7-3-13(4-8-15)5-9-16(23)22-11-1-2-14(12-22)6-10-17(24)25/h3-4,7-8,14H,1-2,5-6,9-12H2,(H,24,25)/t14-/m1/s1. The van der Waals surface area contributed by atoms with Gasteiger partial charge in [0.25, 0.3) is 0 Å². The molecule has 0 aliphatic carbocycles. The van der Waals surface area contributed by atoms with Crippen LogP contribution in [0.15, 0.2) is 24.3 Å². The van der Waals surface area contributed by atoms with E-state index in [4.69, 9.17) is 5.11 Å². The highest BCUT2D eigenvalue weighted by atomic mass is 19.4. The molecule has 1 aromatic rings. The quantitative estimate of drug-likeness (QED) is 0.793. The first-order valence-electron chi connectivity index (χ1n) is 8.57. The van der Waals surface area contributed by atoms with Crippen LogP contribution in [-0.4, -0.2) is 41.3 Å². The first kappa shape index (κ1) is 20.1. The summed E-state index contributed by atoms with van der Waals surface area (Å²) < 4.78 is 40.2. The fourth-order valence-corrected chi connectivity index (χ4v) is 3.12. The van der Waals surface area contributed by atoms with E-state index < -0.39 is 12.3 Å². The summed E-state index contributed by atoms with van der Waals surface area (Å²) in [6.45, 7) is 1.24. The van der Waals surface area contributed by atoms with Gasteiger partial charge in [-0.1, -0.05) is 12.1 Å². The lowest BCUT2D eigenvalue weighted by Crippen LogP contribution is -2.40. The molecule has 2 rings (SSSR count). The molecule has 1 heterocycles. The number of aliphatic carboxylic acids is 1. The Morgan fingerprint density at radius 2 is 1.88 bits per heavy atom. The van der Waals surface area contributed by atoms with Gasteiger partial charge in [0, 0.05) is 25.9 Å². The van der Waals surface area contributed by atoms with Crippen LogP contribution in [0.2, 0.25) is 0 Å². The van der Waals surface area contributed by atoms with Gasteiger partial charge in [0.15, 0.2) is 0 Å². The smallest absolute Gasteiger partial charge is 0.481 e. The number of aryl methyl sites for hydroxylation is 1. The predicted molar refractivity (Wildman–Crippen MR) is 87.6 cm³/mol. The van der Waals surface area contributed by atoms with Crippen LogP contribution >= 0.6 is 0 Å². The third-order valence-corrected chi connectivity index (χ3v) is 4.42. The molecule has 0 spiro atoms. The second kappa shape index (κ2) is 8.91. The number of hydrogen-bond acceptors (Lipinski definition) is 3. The van der Waals surface area contributed by atoms with Crippen molar-refractivity contribution in [3.63, 3.8) is 0 Å². The van der Waals surface area contributed by atoms with Crippen LogP contribution in [0.25, 0.3) is 0 Å². The zero-order valence-corrected chi connectivity index (χ0v) is 14.3. The van der Waals surface area contributed by atoms with Gasteiger partial charge in [-0.25, -0.2) is 0 Å². The Morgan fingerprint density at radius 1 is 1.19 bits per heavy atom. The van der Waals surface area contributed by atoms with Crippen molar-refractivity contribution in [2.45, 2.75) is 44.9 Å². The Morgan fingerprint density at radius 3 is 2.50 bits per heavy atom. The van der Waals surface area contributed by atoms with Crippen molar-refractivity contribution in [2.75, 3.05) is 13.1 Å². The number of carboxylic acids is 1. The lowest BCUT2D eigenvalue weighted by atomic mass is 9.93. The van der Waals surface area contributed by atoms with Gasteiger partial charge in [0.05, 0.1) is 0 Å². The molecular weight excluding hydrogens is 351 g/mol. The minimum atomic E-state index is -4.72. The van der Waals surface area contributed by atoms with Gasteiger partial charge in [-0.15, -0.1) is 13.2 Å². The highest BCUT2D eigenvalue weighted by Crippen LogP contribution is 2.24. The minimum Gasteiger partial charge on any atom is -0.481 e. The third-order valence-electron chi connectivity index (χ3n) is 4.42. The molecular formula is C18H22F3NO4. The molecule has 1 aromatic carbocycles. The topological polar surface area (TPSA) is 66.8 Å². The number of piperidine rings is 1. The van der Waals surface area contributed by atoms with Crippen LogP contribution in [0.5, 0.6) is 5.75 Å². The van der Waals surface area contributed by atoms with Crippen molar-refractivity contribution in [3.8, 4) is 5.75 Å². The molecule has 1 saturated heterocycles. The van der Waals surface area contributed by atoms with Gasteiger partial charge < -0.3 is 14.7 Å². The number of rotatable bonds is 7. The van der Waals surface area contributed by atoms with Gasteiger partial charge in [0.1, 0.15) is 5.75 Å². The number of benzene rings is 1. The molecule has 144 valence electrons. The first-order valence-corrected chi connectivity index (χ1v) is 8.57. The summed E-state index contributed by atoms with van der Waals surface area (Å²) in [6.07, 6.45) is -1.55. The lowest BCUT2D eigenvalue weighted by Gasteiger charge is -2.32. The second-order valence-corrected chi connectivity index (χ2v) is 6.47. The fraction of sp³-hybridized carbons (Fsp3) is 0.556. The molecule has 1 amide bonds. The van der Waals surface area contributed by atoms with Crippen LogP contribution in [0, 0.1) is 5.92 Å². The van der Waals surface area contributed by atoms with Crippen LogP contribution < -0.4 is 4.74 Å². The van der Waals surface area contributed by atoms with Crippen LogP contribution in [0.1, 0.15) is 37.7 Å². The van der Waals surface area contributed by atoms with E-state index in [1.54, 1.807) is 4.90 Å². The Labute approximate surface area is 149 Å². The molecule has 0 aromatic heterocycles. The molecule has 1 atom stereocenters. The maximum absolute atomic E-state index is 12.3. The second-order valence-electron chi connectivity index (χ2n) is 6.47. The maximum Gasteiger partial charge on any atom is 0.573 e. The summed E-state index contributed by atoms with van der Waals surface area (Å²) in [4.78, 5) is 24.8. The molecule has 0 unspecified atom stereocenters. The summed E-state index contributed by atoms with van der Waals surface area (Å²) in [7, 11) is 0. The van der Waals surface area contributed by atoms with E-state index in [0.717, 1.165) is 18.4 Å². The molecule has 26 heavy (non-hydrogen) atoms. The number of hydrogen-bond donors (Lipinski definition) is 1. The average Bonchev–Trinajstić information content (AvgIpc) is 2.58. The normalized spacial score (nSPS) is 17.8. The number of likely N-dealkylation sites (tertiary alicyclic amines) is 1. The average molecular weight is 373 g/mol. The molecule has 1 N–H and O–H groups in total. The van der Waals surface area contributed by atoms with Crippen molar-refractivity contribution >= 4 is 11.9 Å². The number of ether oxygens (including phenoxy) is 1. The van der Waals surface area contributed by atoms with Crippen LogP contribution in [0.4, 0.5) is 13.2 Å². The summed E-state index contributed by atoms with van der Waals surface area (Å²) in [5.41, 5.74) is 0.757. The Balaban J connectivity index is 1.79. The zero-order chi connectivity index (χ0) is 19.2. The van der Waals surface area contributed by atoms with Crippen LogP contribution in [-0.2, 0) is 16.0 Å². The Bertz CT molecular complexity index is 616. The highest BCUT2D eigenvalue weighted by Gasteiger charge is 2.31. The number of carboxylic acid groups (broad SMARTS) is 1. The number of amides is 1. The number of halogens is 3. The summed E-state index contributed by atoms with van der Waals surface area (Å²) >= 11 is 0. The largest absolute Gasteiger partial charge is 0.573 e. The van der Waals surface area contributed by atoms with Crippen molar-refractivity contribution in [3.05, 3.63) is 29.8 Å². The van der Waals surface area contributed by atoms with Crippen molar-refractivity contribution in [2.24, 2.45) is 5.92 Å². The molecule has 1 aliphatic rings. The molecule has 0 radical (unpaired) electrons. The van der Waals surface area contributed by atoms with Crippen molar-refractivity contribution in [1.82, 2.24) is 4.90 Å². The maximum atomic E-state index is 12.3. The molecule has 0 saturated carbocycles. The monoisotopic (exact) mass is 373 g/mol. The molecule has 8 heteroatoms. The Kier molecular flexibility index (Phi) is 6.88. The van der Waals surface area contributed by atoms with E-state index in [9.17, 15) is 22.8 Å². The van der Waals surface area contributed by atoms with Crippen LogP contribution in [0.3, 0.4) is 0 Å². The van der Waals surface area contributed by atoms with E-state index in [1.165, 1.54) is 24.3 Å². The van der Waals surface area contributed by atoms with E-state index in [2.05, 4.69) is 4.74 Å². The molecule has 1 fully saturated rings. The van der Waals surface area contributed by atoms with Gasteiger partial charge in [-0.05, 0) is 49.3 Å². The summed E-state index contributed by atoms with van der Waals surface area (Å²) in [5.74, 6) is -0.917. The van der Waals surface area contributed by atoms with Gasteiger partial charge in [0.2, 0.25) is 5.91 Å². The molecule has 1 aliphatic heterocycles. The minimum absolute atomic E-state index is 0.0133. The van der Waals surface area contributed by atoms with Crippen molar-refractivity contribution < 1.29 is 32.6 Å². The number of carbonyl (C=O) groups is 2. The Hall–Kier alpha value is -2.25. The van der Waals surface area contributed by atoms with E-state index in [0.29, 0.717) is 25.9 Å². The van der Waals surface area contributed by atoms with E-state index >= 15 is 0 Å². The summed E-state index contributed by atoms with van der Waals surface area (Å²) in [5, 5.41) is 8.76. The van der Waals surface area contributed by atoms with E-state index in [-0.39, 0.29) is 30.4 Å². The summed E-state index contributed by atoms with van der Waals surface area (Å²) in [6, 6.07) is 5.49.